The zero-order valence-electron chi connectivity index (χ0n) is 23.1. The molecule has 9 nitrogen and oxygen atoms in total. The number of carbonyl (C=O) groups excluding carboxylic acids is 1. The first-order chi connectivity index (χ1) is 19.2. The van der Waals surface area contributed by atoms with Crippen LogP contribution in [0, 0.1) is 0 Å². The number of carboxylic acids is 1. The van der Waals surface area contributed by atoms with Crippen LogP contribution in [0.3, 0.4) is 0 Å². The summed E-state index contributed by atoms with van der Waals surface area (Å²) in [5.74, 6) is -2.85. The zero-order chi connectivity index (χ0) is 30.5. The van der Waals surface area contributed by atoms with E-state index in [-0.39, 0.29) is 11.7 Å². The number of primary amides is 1. The number of halogens is 3. The summed E-state index contributed by atoms with van der Waals surface area (Å²) < 4.78 is 57.8. The first kappa shape index (κ1) is 32.6. The Morgan fingerprint density at radius 3 is 2.27 bits per heavy atom. The first-order valence-corrected chi connectivity index (χ1v) is 15.7. The standard InChI is InChI=1S/C25H34N4O3S2.C2HF3O2/c1-4-28(5-2)16-19-7-8-23(33-19)18-13-20-22(15-27-24(20)21(14-18)25(26)30)17-9-11-29(12-10-17)34(31,32)6-3;3-2(4,5)1(6)7/h7-8,13-15,17,27H,4-6,9-12,16H2,1-3H3,(H2,26,30);(H,6,7). The number of nitrogens with zero attached hydrogens (tertiary/aromatic N) is 2. The molecule has 226 valence electrons. The predicted molar refractivity (Wildman–Crippen MR) is 153 cm³/mol. The number of fused-ring (bicyclic) bond motifs is 1. The van der Waals surface area contributed by atoms with Crippen molar-refractivity contribution in [3.63, 3.8) is 0 Å². The second-order valence-corrected chi connectivity index (χ2v) is 13.1. The molecular weight excluding hydrogens is 581 g/mol. The number of aromatic amines is 1. The smallest absolute Gasteiger partial charge is 0.475 e. The Kier molecular flexibility index (Phi) is 10.6. The third kappa shape index (κ3) is 7.87. The fourth-order valence-corrected chi connectivity index (χ4v) is 7.01. The lowest BCUT2D eigenvalue weighted by molar-refractivity contribution is -0.192. The first-order valence-electron chi connectivity index (χ1n) is 13.3. The number of alkyl halides is 3. The molecular formula is C27H35F3N4O5S2. The summed E-state index contributed by atoms with van der Waals surface area (Å²) in [4.78, 5) is 29.3. The van der Waals surface area contributed by atoms with E-state index in [1.54, 1.807) is 22.6 Å². The lowest BCUT2D eigenvalue weighted by Gasteiger charge is -2.31. The van der Waals surface area contributed by atoms with E-state index in [1.165, 1.54) is 4.88 Å². The number of carboxylic acid groups (broad SMARTS) is 1. The minimum Gasteiger partial charge on any atom is -0.475 e. The quantitative estimate of drug-likeness (QED) is 0.310. The van der Waals surface area contributed by atoms with E-state index in [2.05, 4.69) is 41.9 Å². The molecule has 1 fully saturated rings. The molecule has 0 radical (unpaired) electrons. The van der Waals surface area contributed by atoms with Crippen LogP contribution in [0.1, 0.15) is 60.3 Å². The van der Waals surface area contributed by atoms with Crippen molar-refractivity contribution in [3.8, 4) is 10.4 Å². The Morgan fingerprint density at radius 1 is 1.15 bits per heavy atom. The highest BCUT2D eigenvalue weighted by atomic mass is 32.2. The molecule has 14 heteroatoms. The van der Waals surface area contributed by atoms with Gasteiger partial charge in [-0.3, -0.25) is 9.69 Å². The van der Waals surface area contributed by atoms with Gasteiger partial charge >= 0.3 is 12.1 Å². The summed E-state index contributed by atoms with van der Waals surface area (Å²) in [6.07, 6.45) is -1.60. The number of rotatable bonds is 9. The summed E-state index contributed by atoms with van der Waals surface area (Å²) in [5, 5.41) is 8.13. The van der Waals surface area contributed by atoms with Crippen LogP contribution in [-0.2, 0) is 21.4 Å². The van der Waals surface area contributed by atoms with Crippen LogP contribution in [0.5, 0.6) is 0 Å². The van der Waals surface area contributed by atoms with E-state index in [0.29, 0.717) is 18.7 Å². The number of thiophene rings is 1. The number of H-pyrrole nitrogens is 1. The van der Waals surface area contributed by atoms with Gasteiger partial charge in [0, 0.05) is 41.0 Å². The molecule has 0 spiro atoms. The third-order valence-electron chi connectivity index (χ3n) is 7.20. The van der Waals surface area contributed by atoms with Crippen molar-refractivity contribution in [1.82, 2.24) is 14.2 Å². The van der Waals surface area contributed by atoms with E-state index < -0.39 is 28.1 Å². The summed E-state index contributed by atoms with van der Waals surface area (Å²) in [5.41, 5.74) is 9.14. The Morgan fingerprint density at radius 2 is 1.76 bits per heavy atom. The number of aromatic nitrogens is 1. The van der Waals surface area contributed by atoms with Gasteiger partial charge in [-0.05, 0) is 74.2 Å². The van der Waals surface area contributed by atoms with Crippen molar-refractivity contribution < 1.29 is 36.3 Å². The van der Waals surface area contributed by atoms with Crippen LogP contribution in [0.25, 0.3) is 21.3 Å². The van der Waals surface area contributed by atoms with Gasteiger partial charge in [0.15, 0.2) is 0 Å². The average molecular weight is 617 g/mol. The van der Waals surface area contributed by atoms with E-state index in [9.17, 15) is 26.4 Å². The molecule has 0 atom stereocenters. The molecule has 3 aromatic rings. The van der Waals surface area contributed by atoms with Crippen molar-refractivity contribution in [3.05, 3.63) is 46.5 Å². The second kappa shape index (κ2) is 13.4. The lowest BCUT2D eigenvalue weighted by atomic mass is 9.89. The van der Waals surface area contributed by atoms with Gasteiger partial charge in [-0.2, -0.15) is 13.2 Å². The highest BCUT2D eigenvalue weighted by Gasteiger charge is 2.38. The van der Waals surface area contributed by atoms with Gasteiger partial charge in [-0.15, -0.1) is 11.3 Å². The van der Waals surface area contributed by atoms with Gasteiger partial charge in [0.2, 0.25) is 10.0 Å². The van der Waals surface area contributed by atoms with Crippen LogP contribution >= 0.6 is 11.3 Å². The van der Waals surface area contributed by atoms with Crippen molar-refractivity contribution >= 4 is 44.1 Å². The number of aliphatic carboxylic acids is 1. The molecule has 0 aliphatic carbocycles. The number of amides is 1. The van der Waals surface area contributed by atoms with Gasteiger partial charge in [0.25, 0.3) is 5.91 Å². The number of hydrogen-bond acceptors (Lipinski definition) is 6. The Labute approximate surface area is 241 Å². The molecule has 1 amide bonds. The van der Waals surface area contributed by atoms with Gasteiger partial charge in [0.1, 0.15) is 0 Å². The molecule has 4 rings (SSSR count). The van der Waals surface area contributed by atoms with Gasteiger partial charge < -0.3 is 15.8 Å². The van der Waals surface area contributed by atoms with Crippen LogP contribution < -0.4 is 5.73 Å². The SMILES string of the molecule is CCN(CC)Cc1ccc(-c2cc(C(N)=O)c3[nH]cc(C4CCN(S(=O)(=O)CC)CC4)c3c2)s1.O=C(O)C(F)(F)F. The van der Waals surface area contributed by atoms with E-state index in [4.69, 9.17) is 15.6 Å². The fourth-order valence-electron chi connectivity index (χ4n) is 4.84. The minimum absolute atomic E-state index is 0.132. The molecule has 1 saturated heterocycles. The maximum atomic E-state index is 12.3. The van der Waals surface area contributed by atoms with Crippen molar-refractivity contribution in [1.29, 1.82) is 0 Å². The highest BCUT2D eigenvalue weighted by molar-refractivity contribution is 7.89. The third-order valence-corrected chi connectivity index (χ3v) is 10.2. The molecule has 0 bridgehead atoms. The van der Waals surface area contributed by atoms with Crippen LogP contribution in [0.2, 0.25) is 0 Å². The number of carbonyl (C=O) groups is 2. The minimum atomic E-state index is -5.08. The summed E-state index contributed by atoms with van der Waals surface area (Å²) in [6, 6.07) is 8.31. The number of nitrogens with one attached hydrogen (secondary N) is 1. The number of sulfonamides is 1. The van der Waals surface area contributed by atoms with Gasteiger partial charge in [0.05, 0.1) is 16.8 Å². The number of hydrogen-bond donors (Lipinski definition) is 3. The highest BCUT2D eigenvalue weighted by Crippen LogP contribution is 2.38. The molecule has 41 heavy (non-hydrogen) atoms. The monoisotopic (exact) mass is 616 g/mol. The summed E-state index contributed by atoms with van der Waals surface area (Å²) in [7, 11) is -3.16. The maximum absolute atomic E-state index is 12.3. The second-order valence-electron chi connectivity index (χ2n) is 9.66. The van der Waals surface area contributed by atoms with Crippen molar-refractivity contribution in [2.45, 2.75) is 52.3 Å². The topological polar surface area (TPSA) is 137 Å². The molecule has 0 saturated carbocycles. The molecule has 1 aliphatic heterocycles. The van der Waals surface area contributed by atoms with E-state index in [1.807, 2.05) is 12.3 Å². The van der Waals surface area contributed by atoms with Crippen LogP contribution in [0.4, 0.5) is 13.2 Å². The van der Waals surface area contributed by atoms with E-state index >= 15 is 0 Å². The number of nitrogens with two attached hydrogens (primary N) is 1. The number of piperidine rings is 1. The van der Waals surface area contributed by atoms with E-state index in [0.717, 1.165) is 59.4 Å². The Balaban J connectivity index is 0.000000587. The van der Waals surface area contributed by atoms with Crippen LogP contribution in [-0.4, -0.2) is 77.7 Å². The lowest BCUT2D eigenvalue weighted by Crippen LogP contribution is -2.38. The molecule has 3 heterocycles. The summed E-state index contributed by atoms with van der Waals surface area (Å²) in [6.45, 7) is 9.99. The largest absolute Gasteiger partial charge is 0.490 e. The Bertz CT molecular complexity index is 1470. The molecule has 1 aliphatic rings. The van der Waals surface area contributed by atoms with Gasteiger partial charge in [-0.25, -0.2) is 17.5 Å². The molecule has 1 aromatic carbocycles. The summed E-state index contributed by atoms with van der Waals surface area (Å²) >= 11 is 1.75. The molecule has 4 N–H and O–H groups in total. The normalized spacial score (nSPS) is 15.2. The van der Waals surface area contributed by atoms with Crippen molar-refractivity contribution in [2.24, 2.45) is 5.73 Å². The average Bonchev–Trinajstić information content (AvgIpc) is 3.58. The van der Waals surface area contributed by atoms with Crippen LogP contribution in [0.15, 0.2) is 30.5 Å². The maximum Gasteiger partial charge on any atom is 0.490 e. The molecule has 2 aromatic heterocycles. The molecule has 0 unspecified atom stereocenters. The number of benzene rings is 1. The Hall–Kier alpha value is -2.94. The zero-order valence-corrected chi connectivity index (χ0v) is 24.8. The fraction of sp³-hybridized carbons (Fsp3) is 0.481. The van der Waals surface area contributed by atoms with Gasteiger partial charge in [-0.1, -0.05) is 13.8 Å². The predicted octanol–water partition coefficient (Wildman–Crippen LogP) is 5.00. The van der Waals surface area contributed by atoms with Crippen molar-refractivity contribution in [2.75, 3.05) is 31.9 Å².